The molecule has 0 aliphatic rings. The highest BCUT2D eigenvalue weighted by atomic mass is 32.2. The number of phenols is 1. The molecule has 0 spiro atoms. The molecule has 1 heterocycles. The van der Waals surface area contributed by atoms with Gasteiger partial charge >= 0.3 is 0 Å². The van der Waals surface area contributed by atoms with Crippen molar-refractivity contribution >= 4 is 22.7 Å². The first-order chi connectivity index (χ1) is 8.83. The van der Waals surface area contributed by atoms with Crippen molar-refractivity contribution in [1.82, 2.24) is 9.97 Å². The molecule has 0 saturated carbocycles. The molecule has 0 bridgehead atoms. The Morgan fingerprint density at radius 3 is 2.50 bits per heavy atom. The Hall–Kier alpha value is -2.07. The van der Waals surface area contributed by atoms with Gasteiger partial charge in [0.1, 0.15) is 17.1 Å². The second-order valence-corrected chi connectivity index (χ2v) is 4.85. The van der Waals surface area contributed by atoms with Gasteiger partial charge in [0.15, 0.2) is 0 Å². The van der Waals surface area contributed by atoms with Gasteiger partial charge in [-0.1, -0.05) is 30.0 Å². The van der Waals surface area contributed by atoms with Gasteiger partial charge in [-0.2, -0.15) is 0 Å². The van der Waals surface area contributed by atoms with Crippen LogP contribution in [0.4, 0.5) is 0 Å². The highest BCUT2D eigenvalue weighted by molar-refractivity contribution is 7.99. The third-order valence-corrected chi connectivity index (χ3v) is 3.58. The topological polar surface area (TPSA) is 46.0 Å². The monoisotopic (exact) mass is 254 g/mol. The van der Waals surface area contributed by atoms with Gasteiger partial charge in [-0.15, -0.1) is 0 Å². The van der Waals surface area contributed by atoms with Gasteiger partial charge in [-0.3, -0.25) is 0 Å². The van der Waals surface area contributed by atoms with Crippen molar-refractivity contribution in [3.05, 3.63) is 54.9 Å². The Labute approximate surface area is 109 Å². The summed E-state index contributed by atoms with van der Waals surface area (Å²) in [6.45, 7) is 0. The van der Waals surface area contributed by atoms with Crippen molar-refractivity contribution in [2.45, 2.75) is 9.92 Å². The van der Waals surface area contributed by atoms with Crippen molar-refractivity contribution in [2.75, 3.05) is 0 Å². The first kappa shape index (κ1) is 11.0. The normalized spacial score (nSPS) is 10.7. The fourth-order valence-corrected chi connectivity index (χ4v) is 2.57. The van der Waals surface area contributed by atoms with E-state index < -0.39 is 0 Å². The third kappa shape index (κ3) is 2.15. The van der Waals surface area contributed by atoms with Gasteiger partial charge < -0.3 is 5.11 Å². The summed E-state index contributed by atoms with van der Waals surface area (Å²) in [5.41, 5.74) is 0.939. The standard InChI is InChI=1S/C14H10N2OS/c17-10-5-7-11(8-6-10)18-14-12-3-1-2-4-13(12)15-9-16-14/h1-9,17H. The lowest BCUT2D eigenvalue weighted by atomic mass is 10.2. The number of aromatic hydroxyl groups is 1. The Morgan fingerprint density at radius 1 is 0.889 bits per heavy atom. The van der Waals surface area contributed by atoms with Gasteiger partial charge in [-0.05, 0) is 30.3 Å². The molecule has 2 aromatic carbocycles. The van der Waals surface area contributed by atoms with E-state index in [9.17, 15) is 5.11 Å². The van der Waals surface area contributed by atoms with Crippen molar-refractivity contribution in [2.24, 2.45) is 0 Å². The highest BCUT2D eigenvalue weighted by Gasteiger charge is 2.04. The van der Waals surface area contributed by atoms with E-state index in [1.807, 2.05) is 36.4 Å². The number of aromatic nitrogens is 2. The van der Waals surface area contributed by atoms with Crippen molar-refractivity contribution < 1.29 is 5.11 Å². The molecule has 4 heteroatoms. The number of benzene rings is 2. The molecule has 0 saturated heterocycles. The van der Waals surface area contributed by atoms with E-state index in [-0.39, 0.29) is 5.75 Å². The number of fused-ring (bicyclic) bond motifs is 1. The van der Waals surface area contributed by atoms with Gasteiger partial charge in [0.25, 0.3) is 0 Å². The van der Waals surface area contributed by atoms with Crippen molar-refractivity contribution in [1.29, 1.82) is 0 Å². The number of hydrogen-bond acceptors (Lipinski definition) is 4. The van der Waals surface area contributed by atoms with Crippen LogP contribution >= 0.6 is 11.8 Å². The minimum atomic E-state index is 0.270. The number of hydrogen-bond donors (Lipinski definition) is 1. The zero-order valence-electron chi connectivity index (χ0n) is 9.45. The van der Waals surface area contributed by atoms with Crippen LogP contribution in [0.3, 0.4) is 0 Å². The molecule has 3 nitrogen and oxygen atoms in total. The second kappa shape index (κ2) is 4.66. The van der Waals surface area contributed by atoms with E-state index in [2.05, 4.69) is 9.97 Å². The minimum absolute atomic E-state index is 0.270. The van der Waals surface area contributed by atoms with Crippen LogP contribution in [0.5, 0.6) is 5.75 Å². The van der Waals surface area contributed by atoms with Crippen molar-refractivity contribution in [3.63, 3.8) is 0 Å². The largest absolute Gasteiger partial charge is 0.508 e. The average Bonchev–Trinajstić information content (AvgIpc) is 2.42. The summed E-state index contributed by atoms with van der Waals surface area (Å²) in [6, 6.07) is 15.0. The maximum atomic E-state index is 9.26. The van der Waals surface area contributed by atoms with Crippen LogP contribution < -0.4 is 0 Å². The van der Waals surface area contributed by atoms with Crippen LogP contribution in [0.1, 0.15) is 0 Å². The second-order valence-electron chi connectivity index (χ2n) is 3.79. The third-order valence-electron chi connectivity index (χ3n) is 2.56. The number of phenolic OH excluding ortho intramolecular Hbond substituents is 1. The smallest absolute Gasteiger partial charge is 0.117 e. The molecule has 0 unspecified atom stereocenters. The van der Waals surface area contributed by atoms with E-state index in [4.69, 9.17) is 0 Å². The molecule has 3 rings (SSSR count). The van der Waals surface area contributed by atoms with Gasteiger partial charge in [-0.25, -0.2) is 9.97 Å². The van der Waals surface area contributed by atoms with Crippen LogP contribution in [0.15, 0.2) is 64.8 Å². The summed E-state index contributed by atoms with van der Waals surface area (Å²) in [5.74, 6) is 0.270. The summed E-state index contributed by atoms with van der Waals surface area (Å²) < 4.78 is 0. The maximum Gasteiger partial charge on any atom is 0.117 e. The van der Waals surface area contributed by atoms with Crippen LogP contribution in [-0.4, -0.2) is 15.1 Å². The summed E-state index contributed by atoms with van der Waals surface area (Å²) in [6.07, 6.45) is 1.57. The van der Waals surface area contributed by atoms with E-state index in [1.54, 1.807) is 30.2 Å². The SMILES string of the molecule is Oc1ccc(Sc2ncnc3ccccc23)cc1. The fourth-order valence-electron chi connectivity index (χ4n) is 1.69. The zero-order valence-corrected chi connectivity index (χ0v) is 10.3. The molecule has 0 aliphatic heterocycles. The number of para-hydroxylation sites is 1. The van der Waals surface area contributed by atoms with Gasteiger partial charge in [0.05, 0.1) is 5.52 Å². The van der Waals surface area contributed by atoms with E-state index in [0.29, 0.717) is 0 Å². The molecule has 0 atom stereocenters. The quantitative estimate of drug-likeness (QED) is 0.711. The lowest BCUT2D eigenvalue weighted by molar-refractivity contribution is 0.475. The van der Waals surface area contributed by atoms with E-state index in [0.717, 1.165) is 20.8 Å². The summed E-state index contributed by atoms with van der Waals surface area (Å²) in [7, 11) is 0. The summed E-state index contributed by atoms with van der Waals surface area (Å²) in [4.78, 5) is 9.59. The lowest BCUT2D eigenvalue weighted by Crippen LogP contribution is -1.86. The average molecular weight is 254 g/mol. The van der Waals surface area contributed by atoms with Crippen molar-refractivity contribution in [3.8, 4) is 5.75 Å². The Bertz CT molecular complexity index is 677. The first-order valence-electron chi connectivity index (χ1n) is 5.49. The molecular formula is C14H10N2OS. The minimum Gasteiger partial charge on any atom is -0.508 e. The van der Waals surface area contributed by atoms with E-state index >= 15 is 0 Å². The van der Waals surface area contributed by atoms with Crippen LogP contribution in [-0.2, 0) is 0 Å². The van der Waals surface area contributed by atoms with Crippen LogP contribution in [0.2, 0.25) is 0 Å². The number of nitrogens with zero attached hydrogens (tertiary/aromatic N) is 2. The van der Waals surface area contributed by atoms with Crippen LogP contribution in [0, 0.1) is 0 Å². The molecule has 0 radical (unpaired) electrons. The predicted octanol–water partition coefficient (Wildman–Crippen LogP) is 3.49. The van der Waals surface area contributed by atoms with Gasteiger partial charge in [0, 0.05) is 10.3 Å². The summed E-state index contributed by atoms with van der Waals surface area (Å²) >= 11 is 1.56. The molecule has 1 aromatic heterocycles. The molecule has 3 aromatic rings. The first-order valence-corrected chi connectivity index (χ1v) is 6.31. The molecule has 0 fully saturated rings. The molecular weight excluding hydrogens is 244 g/mol. The molecule has 88 valence electrons. The molecule has 1 N–H and O–H groups in total. The van der Waals surface area contributed by atoms with Gasteiger partial charge in [0.2, 0.25) is 0 Å². The van der Waals surface area contributed by atoms with Crippen LogP contribution in [0.25, 0.3) is 10.9 Å². The maximum absolute atomic E-state index is 9.26. The Kier molecular flexibility index (Phi) is 2.86. The molecule has 18 heavy (non-hydrogen) atoms. The Balaban J connectivity index is 2.02. The predicted molar refractivity (Wildman–Crippen MR) is 71.8 cm³/mol. The molecule has 0 aliphatic carbocycles. The number of rotatable bonds is 2. The summed E-state index contributed by atoms with van der Waals surface area (Å²) in [5, 5.41) is 11.2. The highest BCUT2D eigenvalue weighted by Crippen LogP contribution is 2.31. The Morgan fingerprint density at radius 2 is 1.67 bits per heavy atom. The fraction of sp³-hybridized carbons (Fsp3) is 0. The zero-order chi connectivity index (χ0) is 12.4. The molecule has 0 amide bonds. The lowest BCUT2D eigenvalue weighted by Gasteiger charge is -2.04. The van der Waals surface area contributed by atoms with E-state index in [1.165, 1.54) is 0 Å².